The lowest BCUT2D eigenvalue weighted by molar-refractivity contribution is 0.598. The van der Waals surface area contributed by atoms with Gasteiger partial charge in [-0.25, -0.2) is 0 Å². The predicted molar refractivity (Wildman–Crippen MR) is 73.8 cm³/mol. The highest BCUT2D eigenvalue weighted by atomic mass is 15.3. The minimum absolute atomic E-state index is 0.731. The zero-order valence-electron chi connectivity index (χ0n) is 11.6. The molecule has 0 bridgehead atoms. The van der Waals surface area contributed by atoms with Gasteiger partial charge in [0.05, 0.1) is 23.6 Å². The Morgan fingerprint density at radius 1 is 1.32 bits per heavy atom. The van der Waals surface area contributed by atoms with Gasteiger partial charge in [0.1, 0.15) is 0 Å². The van der Waals surface area contributed by atoms with Crippen LogP contribution in [0.25, 0.3) is 0 Å². The molecule has 0 radical (unpaired) electrons. The van der Waals surface area contributed by atoms with Crippen LogP contribution in [0.2, 0.25) is 0 Å². The number of hydrogen-bond acceptors (Lipinski definition) is 3. The van der Waals surface area contributed by atoms with Gasteiger partial charge in [0.15, 0.2) is 0 Å². The fourth-order valence-corrected chi connectivity index (χ4v) is 2.18. The van der Waals surface area contributed by atoms with Crippen LogP contribution in [0.5, 0.6) is 0 Å². The first-order valence-corrected chi connectivity index (χ1v) is 7.02. The van der Waals surface area contributed by atoms with Crippen molar-refractivity contribution in [2.75, 3.05) is 0 Å². The van der Waals surface area contributed by atoms with Gasteiger partial charge in [0, 0.05) is 25.8 Å². The molecule has 0 aliphatic heterocycles. The van der Waals surface area contributed by atoms with Gasteiger partial charge in [0.25, 0.3) is 0 Å². The van der Waals surface area contributed by atoms with Crippen LogP contribution in [0.4, 0.5) is 0 Å². The SMILES string of the molecule is CCc1cc(Cn2ccc(CNC3CC3)n2)n(C)n1. The van der Waals surface area contributed by atoms with Crippen LogP contribution in [-0.4, -0.2) is 25.6 Å². The fraction of sp³-hybridized carbons (Fsp3) is 0.571. The van der Waals surface area contributed by atoms with E-state index >= 15 is 0 Å². The lowest BCUT2D eigenvalue weighted by Gasteiger charge is -2.02. The van der Waals surface area contributed by atoms with E-state index in [2.05, 4.69) is 34.6 Å². The number of nitrogens with zero attached hydrogens (tertiary/aromatic N) is 4. The Balaban J connectivity index is 1.63. The first-order chi connectivity index (χ1) is 9.24. The molecule has 2 aromatic rings. The van der Waals surface area contributed by atoms with Crippen molar-refractivity contribution < 1.29 is 0 Å². The average Bonchev–Trinajstić information content (AvgIpc) is 3.03. The second-order valence-corrected chi connectivity index (χ2v) is 5.26. The molecule has 1 fully saturated rings. The molecule has 0 unspecified atom stereocenters. The number of aryl methyl sites for hydroxylation is 2. The molecule has 1 aliphatic rings. The molecule has 0 atom stereocenters. The van der Waals surface area contributed by atoms with Gasteiger partial charge >= 0.3 is 0 Å². The smallest absolute Gasteiger partial charge is 0.0828 e. The highest BCUT2D eigenvalue weighted by Crippen LogP contribution is 2.19. The molecule has 2 heterocycles. The van der Waals surface area contributed by atoms with E-state index in [9.17, 15) is 0 Å². The first kappa shape index (κ1) is 12.4. The molecule has 102 valence electrons. The Hall–Kier alpha value is -1.62. The van der Waals surface area contributed by atoms with Crippen molar-refractivity contribution in [2.45, 2.75) is 45.3 Å². The van der Waals surface area contributed by atoms with Crippen molar-refractivity contribution in [2.24, 2.45) is 7.05 Å². The number of hydrogen-bond donors (Lipinski definition) is 1. The Bertz CT molecular complexity index is 550. The van der Waals surface area contributed by atoms with Crippen molar-refractivity contribution in [3.63, 3.8) is 0 Å². The molecule has 19 heavy (non-hydrogen) atoms. The van der Waals surface area contributed by atoms with Crippen molar-refractivity contribution in [1.29, 1.82) is 0 Å². The Kier molecular flexibility index (Phi) is 3.38. The van der Waals surface area contributed by atoms with E-state index in [1.54, 1.807) is 0 Å². The average molecular weight is 259 g/mol. The zero-order valence-corrected chi connectivity index (χ0v) is 11.6. The second-order valence-electron chi connectivity index (χ2n) is 5.26. The quantitative estimate of drug-likeness (QED) is 0.855. The van der Waals surface area contributed by atoms with E-state index in [-0.39, 0.29) is 0 Å². The molecule has 0 amide bonds. The largest absolute Gasteiger partial charge is 0.308 e. The number of aromatic nitrogens is 4. The maximum absolute atomic E-state index is 4.59. The van der Waals surface area contributed by atoms with Crippen LogP contribution in [0.15, 0.2) is 18.3 Å². The Morgan fingerprint density at radius 2 is 2.16 bits per heavy atom. The lowest BCUT2D eigenvalue weighted by atomic mass is 10.3. The summed E-state index contributed by atoms with van der Waals surface area (Å²) in [6.45, 7) is 3.79. The van der Waals surface area contributed by atoms with E-state index in [1.165, 1.54) is 18.5 Å². The minimum Gasteiger partial charge on any atom is -0.308 e. The molecule has 3 rings (SSSR count). The van der Waals surface area contributed by atoms with Crippen LogP contribution in [0.3, 0.4) is 0 Å². The van der Waals surface area contributed by atoms with Crippen molar-refractivity contribution in [1.82, 2.24) is 24.9 Å². The first-order valence-electron chi connectivity index (χ1n) is 7.02. The molecule has 2 aromatic heterocycles. The topological polar surface area (TPSA) is 47.7 Å². The minimum atomic E-state index is 0.731. The molecular formula is C14H21N5. The molecule has 1 aliphatic carbocycles. The summed E-state index contributed by atoms with van der Waals surface area (Å²) in [6.07, 6.45) is 5.65. The maximum atomic E-state index is 4.59. The van der Waals surface area contributed by atoms with Crippen LogP contribution in [0.1, 0.15) is 36.8 Å². The van der Waals surface area contributed by atoms with Gasteiger partial charge in [-0.1, -0.05) is 6.92 Å². The zero-order chi connectivity index (χ0) is 13.2. The molecule has 0 spiro atoms. The van der Waals surface area contributed by atoms with Crippen molar-refractivity contribution >= 4 is 0 Å². The van der Waals surface area contributed by atoms with Crippen LogP contribution >= 0.6 is 0 Å². The van der Waals surface area contributed by atoms with Crippen molar-refractivity contribution in [3.8, 4) is 0 Å². The van der Waals surface area contributed by atoms with Crippen molar-refractivity contribution in [3.05, 3.63) is 35.4 Å². The summed E-state index contributed by atoms with van der Waals surface area (Å²) in [5.74, 6) is 0. The summed E-state index contributed by atoms with van der Waals surface area (Å²) in [5.41, 5.74) is 3.45. The molecular weight excluding hydrogens is 238 g/mol. The molecule has 5 nitrogen and oxygen atoms in total. The van der Waals surface area contributed by atoms with E-state index < -0.39 is 0 Å². The van der Waals surface area contributed by atoms with E-state index in [0.29, 0.717) is 0 Å². The normalized spacial score (nSPS) is 15.1. The number of rotatable bonds is 6. The van der Waals surface area contributed by atoms with Crippen LogP contribution < -0.4 is 5.32 Å². The summed E-state index contributed by atoms with van der Waals surface area (Å²) in [6, 6.07) is 4.98. The molecule has 1 saturated carbocycles. The molecule has 0 saturated heterocycles. The molecule has 1 N–H and O–H groups in total. The van der Waals surface area contributed by atoms with Gasteiger partial charge in [0.2, 0.25) is 0 Å². The van der Waals surface area contributed by atoms with E-state index in [4.69, 9.17) is 0 Å². The highest BCUT2D eigenvalue weighted by molar-refractivity contribution is 5.11. The fourth-order valence-electron chi connectivity index (χ4n) is 2.18. The summed E-state index contributed by atoms with van der Waals surface area (Å²) >= 11 is 0. The highest BCUT2D eigenvalue weighted by Gasteiger charge is 2.20. The second kappa shape index (κ2) is 5.17. The maximum Gasteiger partial charge on any atom is 0.0828 e. The third-order valence-corrected chi connectivity index (χ3v) is 3.56. The van der Waals surface area contributed by atoms with E-state index in [0.717, 1.165) is 36.9 Å². The van der Waals surface area contributed by atoms with Gasteiger partial charge in [-0.05, 0) is 31.4 Å². The van der Waals surface area contributed by atoms with Gasteiger partial charge in [-0.15, -0.1) is 0 Å². The lowest BCUT2D eigenvalue weighted by Crippen LogP contribution is -2.16. The van der Waals surface area contributed by atoms with Crippen LogP contribution in [-0.2, 0) is 26.6 Å². The van der Waals surface area contributed by atoms with Gasteiger partial charge in [-0.2, -0.15) is 10.2 Å². The summed E-state index contributed by atoms with van der Waals surface area (Å²) in [7, 11) is 1.99. The third kappa shape index (κ3) is 3.04. The van der Waals surface area contributed by atoms with Gasteiger partial charge < -0.3 is 5.32 Å². The van der Waals surface area contributed by atoms with Crippen LogP contribution in [0, 0.1) is 0 Å². The Morgan fingerprint density at radius 3 is 2.84 bits per heavy atom. The molecule has 5 heteroatoms. The summed E-state index contributed by atoms with van der Waals surface area (Å²) in [5, 5.41) is 12.5. The summed E-state index contributed by atoms with van der Waals surface area (Å²) < 4.78 is 3.93. The van der Waals surface area contributed by atoms with Gasteiger partial charge in [-0.3, -0.25) is 9.36 Å². The predicted octanol–water partition coefficient (Wildman–Crippen LogP) is 1.48. The Labute approximate surface area is 113 Å². The molecule has 0 aromatic carbocycles. The third-order valence-electron chi connectivity index (χ3n) is 3.56. The number of nitrogens with one attached hydrogen (secondary N) is 1. The monoisotopic (exact) mass is 259 g/mol. The van der Waals surface area contributed by atoms with E-state index in [1.807, 2.05) is 22.6 Å². The standard InChI is InChI=1S/C14H21N5/c1-3-11-8-14(18(2)16-11)10-19-7-6-13(17-19)9-15-12-4-5-12/h6-8,12,15H,3-5,9-10H2,1-2H3. The summed E-state index contributed by atoms with van der Waals surface area (Å²) in [4.78, 5) is 0.